The van der Waals surface area contributed by atoms with Crippen LogP contribution >= 0.6 is 11.3 Å². The number of hydrogen-bond acceptors (Lipinski definition) is 9. The fourth-order valence-corrected chi connectivity index (χ4v) is 6.39. The summed E-state index contributed by atoms with van der Waals surface area (Å²) < 4.78 is 8.18. The molecule has 42 heavy (non-hydrogen) atoms. The van der Waals surface area contributed by atoms with Gasteiger partial charge in [-0.15, -0.1) is 11.3 Å². The highest BCUT2D eigenvalue weighted by atomic mass is 32.1. The van der Waals surface area contributed by atoms with Gasteiger partial charge in [0.1, 0.15) is 22.9 Å². The number of ether oxygens (including phenoxy) is 1. The van der Waals surface area contributed by atoms with E-state index >= 15 is 0 Å². The predicted octanol–water partition coefficient (Wildman–Crippen LogP) is 4.27. The Hall–Kier alpha value is -5.10. The normalized spacial score (nSPS) is 13.7. The molecule has 1 aliphatic rings. The van der Waals surface area contributed by atoms with Gasteiger partial charge < -0.3 is 19.5 Å². The summed E-state index contributed by atoms with van der Waals surface area (Å²) in [5, 5.41) is 5.78. The van der Waals surface area contributed by atoms with Crippen LogP contribution in [0.2, 0.25) is 0 Å². The van der Waals surface area contributed by atoms with Gasteiger partial charge in [-0.25, -0.2) is 19.6 Å². The fraction of sp³-hybridized carbons (Fsp3) is 0.200. The number of rotatable bonds is 6. The minimum absolute atomic E-state index is 0.232. The van der Waals surface area contributed by atoms with Crippen molar-refractivity contribution < 1.29 is 14.3 Å². The molecule has 210 valence electrons. The van der Waals surface area contributed by atoms with Gasteiger partial charge in [-0.3, -0.25) is 9.59 Å². The average Bonchev–Trinajstić information content (AvgIpc) is 3.78. The van der Waals surface area contributed by atoms with Crippen LogP contribution in [0.3, 0.4) is 0 Å². The quantitative estimate of drug-likeness (QED) is 0.230. The molecule has 5 heterocycles. The zero-order valence-corrected chi connectivity index (χ0v) is 23.8. The van der Waals surface area contributed by atoms with E-state index in [1.54, 1.807) is 29.5 Å². The number of nitrogens with zero attached hydrogens (tertiary/aromatic N) is 7. The molecule has 1 aliphatic heterocycles. The second-order valence-corrected chi connectivity index (χ2v) is 11.0. The average molecular weight is 579 g/mol. The molecule has 11 nitrogen and oxygen atoms in total. The number of hydrogen-bond donors (Lipinski definition) is 1. The minimum atomic E-state index is -0.602. The first-order chi connectivity index (χ1) is 20.5. The Morgan fingerprint density at radius 1 is 1.00 bits per heavy atom. The Balaban J connectivity index is 1.12. The molecular formula is C30H26N8O3S. The van der Waals surface area contributed by atoms with Crippen molar-refractivity contribution in [3.8, 4) is 22.1 Å². The van der Waals surface area contributed by atoms with E-state index in [9.17, 15) is 9.59 Å². The third kappa shape index (κ3) is 4.36. The lowest BCUT2D eigenvalue weighted by Crippen LogP contribution is -2.50. The lowest BCUT2D eigenvalue weighted by Gasteiger charge is -2.36. The molecule has 0 aliphatic carbocycles. The van der Waals surface area contributed by atoms with Crippen molar-refractivity contribution in [2.24, 2.45) is 0 Å². The van der Waals surface area contributed by atoms with Crippen LogP contribution in [0.1, 0.15) is 16.2 Å². The lowest BCUT2D eigenvalue weighted by molar-refractivity contribution is -0.126. The van der Waals surface area contributed by atoms with Gasteiger partial charge in [0, 0.05) is 43.6 Å². The van der Waals surface area contributed by atoms with Gasteiger partial charge in [0.15, 0.2) is 5.82 Å². The molecule has 4 aromatic heterocycles. The molecule has 7 rings (SSSR count). The number of fused-ring (bicyclic) bond motifs is 2. The largest absolute Gasteiger partial charge is 0.494 e. The van der Waals surface area contributed by atoms with Crippen molar-refractivity contribution in [2.45, 2.75) is 6.92 Å². The second-order valence-electron chi connectivity index (χ2n) is 9.95. The first-order valence-electron chi connectivity index (χ1n) is 13.5. The number of H-pyrrole nitrogens is 1. The van der Waals surface area contributed by atoms with E-state index in [1.165, 1.54) is 24.2 Å². The monoisotopic (exact) mass is 578 g/mol. The van der Waals surface area contributed by atoms with Crippen LogP contribution in [-0.2, 0) is 4.79 Å². The van der Waals surface area contributed by atoms with Crippen LogP contribution in [-0.4, -0.2) is 79.6 Å². The molecule has 0 atom stereocenters. The molecule has 1 amide bonds. The van der Waals surface area contributed by atoms with E-state index < -0.39 is 11.7 Å². The van der Waals surface area contributed by atoms with Crippen molar-refractivity contribution in [1.29, 1.82) is 0 Å². The molecule has 0 unspecified atom stereocenters. The number of pyridine rings is 1. The Bertz CT molecular complexity index is 1930. The summed E-state index contributed by atoms with van der Waals surface area (Å²) in [6.45, 7) is 3.81. The number of nitrogens with one attached hydrogen (secondary N) is 1. The van der Waals surface area contributed by atoms with Crippen LogP contribution in [0.25, 0.3) is 37.5 Å². The van der Waals surface area contributed by atoms with Gasteiger partial charge in [0.25, 0.3) is 11.7 Å². The van der Waals surface area contributed by atoms with Gasteiger partial charge >= 0.3 is 0 Å². The maximum atomic E-state index is 13.6. The third-order valence-electron chi connectivity index (χ3n) is 7.47. The molecule has 0 spiro atoms. The van der Waals surface area contributed by atoms with E-state index in [1.807, 2.05) is 30.3 Å². The number of piperazine rings is 1. The zero-order chi connectivity index (χ0) is 28.8. The summed E-state index contributed by atoms with van der Waals surface area (Å²) in [6.07, 6.45) is 4.60. The van der Waals surface area contributed by atoms with Crippen LogP contribution in [0.5, 0.6) is 5.75 Å². The second kappa shape index (κ2) is 10.4. The Kier molecular flexibility index (Phi) is 6.39. The maximum Gasteiger partial charge on any atom is 0.295 e. The van der Waals surface area contributed by atoms with Crippen molar-refractivity contribution in [3.05, 3.63) is 78.6 Å². The Labute approximate surface area is 244 Å². The number of aromatic nitrogens is 6. The number of Topliss-reactive ketones (excluding diaryl/α,β-unsaturated/α-hetero) is 1. The molecule has 0 radical (unpaired) electrons. The number of para-hydroxylation sites is 2. The molecule has 0 bridgehead atoms. The van der Waals surface area contributed by atoms with E-state index in [2.05, 4.69) is 43.1 Å². The molecule has 2 aromatic carbocycles. The summed E-state index contributed by atoms with van der Waals surface area (Å²) in [5.74, 6) is 0.278. The zero-order valence-electron chi connectivity index (χ0n) is 22.9. The van der Waals surface area contributed by atoms with Gasteiger partial charge in [-0.2, -0.15) is 5.10 Å². The highest BCUT2D eigenvalue weighted by Crippen LogP contribution is 2.37. The predicted molar refractivity (Wildman–Crippen MR) is 160 cm³/mol. The number of thiazole rings is 1. The summed E-state index contributed by atoms with van der Waals surface area (Å²) in [4.78, 5) is 47.5. The number of amides is 1. The number of aromatic amines is 1. The third-order valence-corrected chi connectivity index (χ3v) is 8.54. The number of ketones is 1. The first-order valence-corrected chi connectivity index (χ1v) is 14.3. The van der Waals surface area contributed by atoms with Gasteiger partial charge in [0.2, 0.25) is 0 Å². The Morgan fingerprint density at radius 3 is 2.55 bits per heavy atom. The summed E-state index contributed by atoms with van der Waals surface area (Å²) in [7, 11) is 1.50. The number of anilines is 1. The summed E-state index contributed by atoms with van der Waals surface area (Å²) >= 11 is 1.67. The number of benzene rings is 2. The van der Waals surface area contributed by atoms with Gasteiger partial charge in [-0.1, -0.05) is 24.3 Å². The molecular weight excluding hydrogens is 552 g/mol. The summed E-state index contributed by atoms with van der Waals surface area (Å²) in [5.41, 5.74) is 3.88. The maximum absolute atomic E-state index is 13.6. The first kappa shape index (κ1) is 25.8. The smallest absolute Gasteiger partial charge is 0.295 e. The molecule has 1 N–H and O–H groups in total. The van der Waals surface area contributed by atoms with E-state index in [0.717, 1.165) is 26.5 Å². The number of carbonyl (C=O) groups excluding carboxylic acids is 2. The van der Waals surface area contributed by atoms with Crippen molar-refractivity contribution in [2.75, 3.05) is 38.2 Å². The Morgan fingerprint density at radius 2 is 1.79 bits per heavy atom. The minimum Gasteiger partial charge on any atom is -0.494 e. The van der Waals surface area contributed by atoms with E-state index in [-0.39, 0.29) is 5.56 Å². The van der Waals surface area contributed by atoms with Crippen LogP contribution in [0.15, 0.2) is 67.3 Å². The van der Waals surface area contributed by atoms with E-state index in [4.69, 9.17) is 9.72 Å². The molecule has 12 heteroatoms. The SMILES string of the molecule is COc1cnc(-n2cnc(C)n2)c2[nH]cc(C(=O)C(=O)N3CCN(c4ccccc4-c4nc5ccccc5s4)CC3)c12. The molecule has 1 fully saturated rings. The van der Waals surface area contributed by atoms with Gasteiger partial charge in [0.05, 0.1) is 40.0 Å². The van der Waals surface area contributed by atoms with Crippen LogP contribution < -0.4 is 9.64 Å². The van der Waals surface area contributed by atoms with E-state index in [0.29, 0.717) is 54.5 Å². The van der Waals surface area contributed by atoms with Gasteiger partial charge in [-0.05, 0) is 31.2 Å². The summed E-state index contributed by atoms with van der Waals surface area (Å²) in [6, 6.07) is 16.3. The number of methoxy groups -OCH3 is 1. The molecule has 1 saturated heterocycles. The number of carbonyl (C=O) groups is 2. The fourth-order valence-electron chi connectivity index (χ4n) is 5.39. The topological polar surface area (TPSA) is 122 Å². The van der Waals surface area contributed by atoms with Crippen LogP contribution in [0.4, 0.5) is 5.69 Å². The molecule has 0 saturated carbocycles. The highest BCUT2D eigenvalue weighted by Gasteiger charge is 2.31. The van der Waals surface area contributed by atoms with Crippen molar-refractivity contribution in [1.82, 2.24) is 34.6 Å². The van der Waals surface area contributed by atoms with Crippen molar-refractivity contribution >= 4 is 49.8 Å². The van der Waals surface area contributed by atoms with Crippen molar-refractivity contribution in [3.63, 3.8) is 0 Å². The lowest BCUT2D eigenvalue weighted by atomic mass is 10.1. The van der Waals surface area contributed by atoms with Crippen LogP contribution in [0, 0.1) is 6.92 Å². The number of aryl methyl sites for hydroxylation is 1. The highest BCUT2D eigenvalue weighted by molar-refractivity contribution is 7.21. The standard InChI is InChI=1S/C30H26N8O3S/c1-18-33-17-38(35-18)28-26-25(23(41-2)16-32-28)20(15-31-26)27(39)30(40)37-13-11-36(12-14-37)22-9-5-3-7-19(22)29-34-21-8-4-6-10-24(21)42-29/h3-10,15-17,31H,11-14H2,1-2H3. The molecule has 6 aromatic rings.